The van der Waals surface area contributed by atoms with Gasteiger partial charge in [0, 0.05) is 15.5 Å². The van der Waals surface area contributed by atoms with Gasteiger partial charge in [-0.2, -0.15) is 0 Å². The average molecular weight is 289 g/mol. The summed E-state index contributed by atoms with van der Waals surface area (Å²) in [7, 11) is 0. The molecule has 0 unspecified atom stereocenters. The number of hydrogen-bond donors (Lipinski definition) is 1. The minimum atomic E-state index is 0.552. The maximum absolute atomic E-state index is 11.0. The zero-order chi connectivity index (χ0) is 13.2. The first kappa shape index (κ1) is 12.3. The molecule has 0 bridgehead atoms. The summed E-state index contributed by atoms with van der Waals surface area (Å²) >= 11 is 7.29. The van der Waals surface area contributed by atoms with E-state index in [-0.39, 0.29) is 0 Å². The molecule has 3 aromatic rings. The first-order valence-electron chi connectivity index (χ1n) is 5.63. The number of rotatable bonds is 3. The molecular weight excluding hydrogens is 280 g/mol. The molecule has 0 aliphatic carbocycles. The van der Waals surface area contributed by atoms with E-state index in [1.165, 1.54) is 11.8 Å². The number of carbonyl (C=O) groups excluding carboxylic acids is 1. The summed E-state index contributed by atoms with van der Waals surface area (Å²) in [6.45, 7) is 0. The third kappa shape index (κ3) is 2.50. The third-order valence-corrected chi connectivity index (χ3v) is 3.89. The van der Waals surface area contributed by atoms with Gasteiger partial charge in [-0.15, -0.1) is 0 Å². The molecule has 0 aliphatic rings. The number of nitrogens with one attached hydrogen (secondary N) is 1. The number of para-hydroxylation sites is 2. The van der Waals surface area contributed by atoms with Crippen molar-refractivity contribution in [1.82, 2.24) is 9.97 Å². The molecule has 0 saturated carbocycles. The summed E-state index contributed by atoms with van der Waals surface area (Å²) < 4.78 is 0. The van der Waals surface area contributed by atoms with Crippen LogP contribution in [-0.2, 0) is 0 Å². The van der Waals surface area contributed by atoms with E-state index in [1.807, 2.05) is 30.3 Å². The van der Waals surface area contributed by atoms with Crippen LogP contribution in [0.1, 0.15) is 10.4 Å². The Balaban J connectivity index is 1.98. The Labute approximate surface area is 119 Å². The highest BCUT2D eigenvalue weighted by molar-refractivity contribution is 7.99. The quantitative estimate of drug-likeness (QED) is 0.735. The first-order valence-corrected chi connectivity index (χ1v) is 6.83. The van der Waals surface area contributed by atoms with Gasteiger partial charge >= 0.3 is 0 Å². The number of aldehydes is 1. The molecule has 1 heterocycles. The summed E-state index contributed by atoms with van der Waals surface area (Å²) in [5.41, 5.74) is 2.45. The lowest BCUT2D eigenvalue weighted by atomic mass is 10.2. The third-order valence-electron chi connectivity index (χ3n) is 2.67. The lowest BCUT2D eigenvalue weighted by molar-refractivity contribution is 0.112. The molecule has 5 heteroatoms. The molecule has 0 aliphatic heterocycles. The lowest BCUT2D eigenvalue weighted by Crippen LogP contribution is -1.85. The number of aromatic amines is 1. The second kappa shape index (κ2) is 5.07. The molecule has 2 aromatic carbocycles. The highest BCUT2D eigenvalue weighted by Crippen LogP contribution is 2.30. The number of nitrogens with zero attached hydrogens (tertiary/aromatic N) is 1. The topological polar surface area (TPSA) is 45.8 Å². The van der Waals surface area contributed by atoms with Gasteiger partial charge < -0.3 is 4.98 Å². The molecule has 0 amide bonds. The fourth-order valence-electron chi connectivity index (χ4n) is 1.79. The van der Waals surface area contributed by atoms with Gasteiger partial charge in [0.25, 0.3) is 0 Å². The Kier molecular flexibility index (Phi) is 3.27. The van der Waals surface area contributed by atoms with Crippen molar-refractivity contribution in [3.63, 3.8) is 0 Å². The number of aromatic nitrogens is 2. The monoisotopic (exact) mass is 288 g/mol. The number of H-pyrrole nitrogens is 1. The predicted molar refractivity (Wildman–Crippen MR) is 77.1 cm³/mol. The number of imidazole rings is 1. The molecule has 3 nitrogen and oxygen atoms in total. The number of halogens is 1. The van der Waals surface area contributed by atoms with Gasteiger partial charge in [-0.1, -0.05) is 35.5 Å². The van der Waals surface area contributed by atoms with E-state index < -0.39 is 0 Å². The molecule has 94 valence electrons. The fourth-order valence-corrected chi connectivity index (χ4v) is 2.84. The van der Waals surface area contributed by atoms with Gasteiger partial charge in [-0.05, 0) is 30.3 Å². The van der Waals surface area contributed by atoms with Crippen LogP contribution in [0.4, 0.5) is 0 Å². The summed E-state index contributed by atoms with van der Waals surface area (Å²) in [6.07, 6.45) is 0.802. The van der Waals surface area contributed by atoms with Gasteiger partial charge in [0.05, 0.1) is 11.0 Å². The fraction of sp³-hybridized carbons (Fsp3) is 0. The summed E-state index contributed by atoms with van der Waals surface area (Å²) in [6, 6.07) is 13.0. The molecule has 19 heavy (non-hydrogen) atoms. The maximum atomic E-state index is 11.0. The van der Waals surface area contributed by atoms with Crippen molar-refractivity contribution in [3.05, 3.63) is 53.1 Å². The van der Waals surface area contributed by atoms with Gasteiger partial charge in [-0.25, -0.2) is 4.98 Å². The molecule has 0 fully saturated rings. The molecule has 0 spiro atoms. The average Bonchev–Trinajstić information content (AvgIpc) is 2.83. The maximum Gasteiger partial charge on any atom is 0.171 e. The number of fused-ring (bicyclic) bond motifs is 1. The van der Waals surface area contributed by atoms with Crippen LogP contribution in [0.25, 0.3) is 11.0 Å². The van der Waals surface area contributed by atoms with Gasteiger partial charge in [0.2, 0.25) is 0 Å². The number of hydrogen-bond acceptors (Lipinski definition) is 3. The van der Waals surface area contributed by atoms with Crippen LogP contribution < -0.4 is 0 Å². The standard InChI is InChI=1S/C14H9ClN2OS/c15-10-5-6-13(9(7-10)8-18)19-14-16-11-3-1-2-4-12(11)17-14/h1-8H,(H,16,17). The van der Waals surface area contributed by atoms with E-state index in [1.54, 1.807) is 12.1 Å². The van der Waals surface area contributed by atoms with Crippen LogP contribution >= 0.6 is 23.4 Å². The molecular formula is C14H9ClN2OS. The molecule has 0 saturated heterocycles. The summed E-state index contributed by atoms with van der Waals surface area (Å²) in [5, 5.41) is 1.31. The van der Waals surface area contributed by atoms with Crippen molar-refractivity contribution >= 4 is 40.7 Å². The SMILES string of the molecule is O=Cc1cc(Cl)ccc1Sc1nc2ccccc2[nH]1. The van der Waals surface area contributed by atoms with Crippen molar-refractivity contribution in [1.29, 1.82) is 0 Å². The van der Waals surface area contributed by atoms with Gasteiger partial charge in [-0.3, -0.25) is 4.79 Å². The van der Waals surface area contributed by atoms with E-state index in [0.717, 1.165) is 27.4 Å². The first-order chi connectivity index (χ1) is 9.26. The zero-order valence-corrected chi connectivity index (χ0v) is 11.3. The number of benzene rings is 2. The summed E-state index contributed by atoms with van der Waals surface area (Å²) in [5.74, 6) is 0. The van der Waals surface area contributed by atoms with Gasteiger partial charge in [0.1, 0.15) is 0 Å². The predicted octanol–water partition coefficient (Wildman–Crippen LogP) is 4.18. The van der Waals surface area contributed by atoms with Crippen molar-refractivity contribution in [3.8, 4) is 0 Å². The van der Waals surface area contributed by atoms with Crippen molar-refractivity contribution < 1.29 is 4.79 Å². The second-order valence-electron chi connectivity index (χ2n) is 3.96. The Hall–Kier alpha value is -1.78. The summed E-state index contributed by atoms with van der Waals surface area (Å²) in [4.78, 5) is 19.5. The highest BCUT2D eigenvalue weighted by Gasteiger charge is 2.08. The Bertz CT molecular complexity index is 721. The zero-order valence-electron chi connectivity index (χ0n) is 9.76. The van der Waals surface area contributed by atoms with Crippen molar-refractivity contribution in [2.45, 2.75) is 10.1 Å². The highest BCUT2D eigenvalue weighted by atomic mass is 35.5. The Morgan fingerprint density at radius 2 is 2.05 bits per heavy atom. The van der Waals surface area contributed by atoms with E-state index in [2.05, 4.69) is 9.97 Å². The van der Waals surface area contributed by atoms with Crippen LogP contribution in [0, 0.1) is 0 Å². The molecule has 3 rings (SSSR count). The van der Waals surface area contributed by atoms with Gasteiger partial charge in [0.15, 0.2) is 11.4 Å². The van der Waals surface area contributed by atoms with Crippen LogP contribution in [0.5, 0.6) is 0 Å². The molecule has 1 aromatic heterocycles. The van der Waals surface area contributed by atoms with Crippen LogP contribution in [0.15, 0.2) is 52.5 Å². The van der Waals surface area contributed by atoms with E-state index in [4.69, 9.17) is 11.6 Å². The molecule has 0 atom stereocenters. The number of carbonyl (C=O) groups is 1. The van der Waals surface area contributed by atoms with E-state index in [9.17, 15) is 4.79 Å². The minimum absolute atomic E-state index is 0.552. The molecule has 1 N–H and O–H groups in total. The lowest BCUT2D eigenvalue weighted by Gasteiger charge is -2.02. The van der Waals surface area contributed by atoms with Crippen LogP contribution in [0.3, 0.4) is 0 Å². The van der Waals surface area contributed by atoms with E-state index in [0.29, 0.717) is 10.6 Å². The van der Waals surface area contributed by atoms with Crippen molar-refractivity contribution in [2.24, 2.45) is 0 Å². The van der Waals surface area contributed by atoms with Crippen LogP contribution in [-0.4, -0.2) is 16.3 Å². The Morgan fingerprint density at radius 3 is 2.84 bits per heavy atom. The van der Waals surface area contributed by atoms with E-state index >= 15 is 0 Å². The second-order valence-corrected chi connectivity index (χ2v) is 5.43. The largest absolute Gasteiger partial charge is 0.333 e. The Morgan fingerprint density at radius 1 is 1.21 bits per heavy atom. The normalized spacial score (nSPS) is 10.8. The van der Waals surface area contributed by atoms with Crippen LogP contribution in [0.2, 0.25) is 5.02 Å². The minimum Gasteiger partial charge on any atom is -0.333 e. The smallest absolute Gasteiger partial charge is 0.171 e. The molecule has 0 radical (unpaired) electrons. The van der Waals surface area contributed by atoms with Crippen molar-refractivity contribution in [2.75, 3.05) is 0 Å².